The monoisotopic (exact) mass is 534 g/mol. The molecule has 0 unspecified atom stereocenters. The number of thiazole rings is 2. The predicted molar refractivity (Wildman–Crippen MR) is 153 cm³/mol. The molecule has 0 amide bonds. The highest BCUT2D eigenvalue weighted by atomic mass is 32.1. The molecule has 4 aromatic rings. The quantitative estimate of drug-likeness (QED) is 0.165. The predicted octanol–water partition coefficient (Wildman–Crippen LogP) is 6.87. The summed E-state index contributed by atoms with van der Waals surface area (Å²) in [5.41, 5.74) is 6.47. The van der Waals surface area contributed by atoms with Crippen LogP contribution in [0.5, 0.6) is 0 Å². The maximum Gasteiger partial charge on any atom is 0.408 e. The zero-order valence-corrected chi connectivity index (χ0v) is 23.9. The normalized spacial score (nSPS) is 11.6. The number of anilines is 2. The van der Waals surface area contributed by atoms with Gasteiger partial charge < -0.3 is 9.80 Å². The lowest BCUT2D eigenvalue weighted by Gasteiger charge is -2.24. The summed E-state index contributed by atoms with van der Waals surface area (Å²) < 4.78 is 3.93. The number of azo groups is 2. The van der Waals surface area contributed by atoms with Gasteiger partial charge in [0.1, 0.15) is 23.8 Å². The van der Waals surface area contributed by atoms with E-state index in [1.165, 1.54) is 16.9 Å². The van der Waals surface area contributed by atoms with Crippen molar-refractivity contribution in [3.05, 3.63) is 70.7 Å². The van der Waals surface area contributed by atoms with Gasteiger partial charge in [-0.15, -0.1) is 0 Å². The van der Waals surface area contributed by atoms with Crippen LogP contribution in [0.4, 0.5) is 33.0 Å². The lowest BCUT2D eigenvalue weighted by atomic mass is 10.1. The number of benzene rings is 2. The van der Waals surface area contributed by atoms with Gasteiger partial charge in [0.2, 0.25) is 0 Å². The van der Waals surface area contributed by atoms with Crippen LogP contribution in [0.15, 0.2) is 80.0 Å². The molecule has 0 spiro atoms. The zero-order chi connectivity index (χ0) is 26.4. The Morgan fingerprint density at radius 2 is 1.38 bits per heavy atom. The Labute approximate surface area is 226 Å². The minimum atomic E-state index is 0.866. The number of rotatable bonds is 10. The third-order valence-corrected chi connectivity index (χ3v) is 7.89. The highest BCUT2D eigenvalue weighted by molar-refractivity contribution is 7.13. The molecule has 2 aromatic heterocycles. The molecule has 0 aliphatic heterocycles. The lowest BCUT2D eigenvalue weighted by Crippen LogP contribution is -2.25. The Bertz CT molecular complexity index is 1410. The van der Waals surface area contributed by atoms with E-state index < -0.39 is 0 Å². The first-order valence-corrected chi connectivity index (χ1v) is 13.9. The zero-order valence-electron chi connectivity index (χ0n) is 22.3. The van der Waals surface area contributed by atoms with Gasteiger partial charge in [-0.1, -0.05) is 0 Å². The van der Waals surface area contributed by atoms with Crippen molar-refractivity contribution in [2.24, 2.45) is 34.6 Å². The van der Waals surface area contributed by atoms with Gasteiger partial charge in [0.05, 0.1) is 24.3 Å². The number of nitrogens with zero attached hydrogens (tertiary/aromatic N) is 8. The van der Waals surface area contributed by atoms with Crippen molar-refractivity contribution in [2.45, 2.75) is 20.3 Å². The summed E-state index contributed by atoms with van der Waals surface area (Å²) in [5, 5.41) is 23.4. The van der Waals surface area contributed by atoms with E-state index in [1.54, 1.807) is 22.7 Å². The van der Waals surface area contributed by atoms with Crippen molar-refractivity contribution in [3.8, 4) is 0 Å². The molecule has 0 aliphatic carbocycles. The van der Waals surface area contributed by atoms with E-state index in [1.807, 2.05) is 58.5 Å². The van der Waals surface area contributed by atoms with E-state index in [9.17, 15) is 0 Å². The first kappa shape index (κ1) is 26.6. The van der Waals surface area contributed by atoms with E-state index in [0.717, 1.165) is 46.7 Å². The van der Waals surface area contributed by atoms with Gasteiger partial charge >= 0.3 is 10.3 Å². The van der Waals surface area contributed by atoms with Crippen molar-refractivity contribution in [1.82, 2.24) is 0 Å². The minimum absolute atomic E-state index is 0.866. The molecule has 0 aliphatic rings. The lowest BCUT2D eigenvalue weighted by molar-refractivity contribution is -0.654. The highest BCUT2D eigenvalue weighted by Crippen LogP contribution is 2.28. The molecule has 8 nitrogen and oxygen atoms in total. The van der Waals surface area contributed by atoms with E-state index >= 15 is 0 Å². The Morgan fingerprint density at radius 3 is 1.97 bits per heavy atom. The maximum atomic E-state index is 4.45. The molecule has 37 heavy (non-hydrogen) atoms. The SMILES string of the molecule is Cc1cc(N(C)CCCN(C)c2ccc(N=Nc3scc[n+]3C)cc2C)ccc1N=Nc1scc[n+]1C. The first-order valence-electron chi connectivity index (χ1n) is 12.1. The van der Waals surface area contributed by atoms with Gasteiger partial charge in [-0.25, -0.2) is 9.13 Å². The molecular weight excluding hydrogens is 500 g/mol. The number of hydrogen-bond donors (Lipinski definition) is 0. The van der Waals surface area contributed by atoms with Crippen LogP contribution in [0, 0.1) is 13.8 Å². The molecule has 0 fully saturated rings. The average molecular weight is 535 g/mol. The standard InChI is InChI=1S/C27H34N8S2/c1-20-19-23(9-10-24(20)29-31-27-35(6)15-17-37-27)32(3)12-7-13-33(4)25-11-8-22(18-21(25)2)28-30-26-34(5)14-16-36-26/h8-11,14-19H,7,12-13H2,1-6H3/q+2. The van der Waals surface area contributed by atoms with E-state index in [0.29, 0.717) is 0 Å². The summed E-state index contributed by atoms with van der Waals surface area (Å²) in [6.07, 6.45) is 5.00. The number of hydrogen-bond acceptors (Lipinski definition) is 8. The second-order valence-electron chi connectivity index (χ2n) is 9.13. The van der Waals surface area contributed by atoms with Gasteiger partial charge in [-0.2, -0.15) is 0 Å². The second-order valence-corrected chi connectivity index (χ2v) is 10.9. The number of aryl methyl sites for hydroxylation is 4. The van der Waals surface area contributed by atoms with Crippen LogP contribution >= 0.6 is 22.7 Å². The molecule has 0 bridgehead atoms. The third-order valence-electron chi connectivity index (χ3n) is 6.21. The fourth-order valence-corrected chi connectivity index (χ4v) is 5.32. The Kier molecular flexibility index (Phi) is 8.73. The van der Waals surface area contributed by atoms with Gasteiger partial charge in [-0.3, -0.25) is 0 Å². The molecule has 2 aromatic carbocycles. The summed E-state index contributed by atoms with van der Waals surface area (Å²) in [6, 6.07) is 12.6. The van der Waals surface area contributed by atoms with Crippen LogP contribution in [0.2, 0.25) is 0 Å². The molecule has 2 heterocycles. The Hall–Kier alpha value is -3.50. The van der Waals surface area contributed by atoms with Gasteiger partial charge in [-0.05, 0) is 101 Å². The van der Waals surface area contributed by atoms with Crippen molar-refractivity contribution in [3.63, 3.8) is 0 Å². The van der Waals surface area contributed by atoms with Crippen LogP contribution in [-0.2, 0) is 14.1 Å². The van der Waals surface area contributed by atoms with Crippen LogP contribution < -0.4 is 18.9 Å². The van der Waals surface area contributed by atoms with E-state index in [2.05, 4.69) is 82.5 Å². The highest BCUT2D eigenvalue weighted by Gasteiger charge is 2.12. The summed E-state index contributed by atoms with van der Waals surface area (Å²) >= 11 is 3.15. The molecular formula is C27H34N8S2+2. The third kappa shape index (κ3) is 6.84. The topological polar surface area (TPSA) is 63.7 Å². The van der Waals surface area contributed by atoms with Crippen LogP contribution in [0.3, 0.4) is 0 Å². The molecule has 192 valence electrons. The Morgan fingerprint density at radius 1 is 0.730 bits per heavy atom. The molecule has 0 N–H and O–H groups in total. The second kappa shape index (κ2) is 12.2. The summed E-state index contributed by atoms with van der Waals surface area (Å²) in [6.45, 7) is 6.13. The van der Waals surface area contributed by atoms with Crippen molar-refractivity contribution < 1.29 is 9.13 Å². The molecule has 0 saturated carbocycles. The van der Waals surface area contributed by atoms with Gasteiger partial charge in [0, 0.05) is 49.3 Å². The Balaban J connectivity index is 1.30. The number of aromatic nitrogens is 2. The first-order chi connectivity index (χ1) is 17.8. The van der Waals surface area contributed by atoms with E-state index in [-0.39, 0.29) is 0 Å². The fraction of sp³-hybridized carbons (Fsp3) is 0.333. The largest absolute Gasteiger partial charge is 0.408 e. The summed E-state index contributed by atoms with van der Waals surface area (Å²) in [5.74, 6) is 0. The molecule has 0 radical (unpaired) electrons. The average Bonchev–Trinajstić information content (AvgIpc) is 3.48. The van der Waals surface area contributed by atoms with Crippen molar-refractivity contribution >= 4 is 55.7 Å². The van der Waals surface area contributed by atoms with Gasteiger partial charge in [0.15, 0.2) is 0 Å². The smallest absolute Gasteiger partial charge is 0.375 e. The summed E-state index contributed by atoms with van der Waals surface area (Å²) in [4.78, 5) is 4.60. The molecule has 10 heteroatoms. The summed E-state index contributed by atoms with van der Waals surface area (Å²) in [7, 11) is 8.23. The molecule has 0 saturated heterocycles. The molecule has 0 atom stereocenters. The van der Waals surface area contributed by atoms with Crippen LogP contribution in [-0.4, -0.2) is 27.2 Å². The minimum Gasteiger partial charge on any atom is -0.375 e. The maximum absolute atomic E-state index is 4.45. The van der Waals surface area contributed by atoms with Crippen molar-refractivity contribution in [1.29, 1.82) is 0 Å². The molecule has 4 rings (SSSR count). The van der Waals surface area contributed by atoms with E-state index in [4.69, 9.17) is 0 Å². The van der Waals surface area contributed by atoms with Crippen molar-refractivity contribution in [2.75, 3.05) is 37.0 Å². The van der Waals surface area contributed by atoms with Gasteiger partial charge in [0.25, 0.3) is 0 Å². The van der Waals surface area contributed by atoms with Crippen LogP contribution in [0.25, 0.3) is 0 Å². The van der Waals surface area contributed by atoms with Crippen LogP contribution in [0.1, 0.15) is 17.5 Å². The fourth-order valence-electron chi connectivity index (χ4n) is 3.96.